The van der Waals surface area contributed by atoms with Gasteiger partial charge >= 0.3 is 0 Å². The zero-order valence-corrected chi connectivity index (χ0v) is 19.0. The molecule has 3 rings (SSSR count). The van der Waals surface area contributed by atoms with Gasteiger partial charge in [-0.05, 0) is 48.4 Å². The largest absolute Gasteiger partial charge is 0.494 e. The van der Waals surface area contributed by atoms with Crippen molar-refractivity contribution in [1.29, 1.82) is 0 Å². The molecule has 1 heterocycles. The van der Waals surface area contributed by atoms with Crippen molar-refractivity contribution >= 4 is 11.8 Å². The fourth-order valence-electron chi connectivity index (χ4n) is 3.25. The number of ether oxygens (including phenoxy) is 3. The first-order valence-corrected chi connectivity index (χ1v) is 11.1. The van der Waals surface area contributed by atoms with Crippen molar-refractivity contribution < 1.29 is 23.8 Å². The Bertz CT molecular complexity index is 924. The second-order valence-corrected chi connectivity index (χ2v) is 8.43. The van der Waals surface area contributed by atoms with Gasteiger partial charge in [0.2, 0.25) is 5.91 Å². The minimum atomic E-state index is -0.316. The average Bonchev–Trinajstić information content (AvgIpc) is 2.81. The number of amides is 2. The van der Waals surface area contributed by atoms with Crippen LogP contribution in [0.1, 0.15) is 49.5 Å². The van der Waals surface area contributed by atoms with Gasteiger partial charge in [0.25, 0.3) is 5.91 Å². The fraction of sp³-hybridized carbons (Fsp3) is 0.440. The highest BCUT2D eigenvalue weighted by Gasteiger charge is 2.24. The van der Waals surface area contributed by atoms with Crippen LogP contribution in [0.25, 0.3) is 0 Å². The molecular formula is C25H32N2O5. The number of nitrogens with one attached hydrogen (secondary N) is 2. The van der Waals surface area contributed by atoms with Crippen LogP contribution >= 0.6 is 0 Å². The van der Waals surface area contributed by atoms with E-state index in [0.29, 0.717) is 31.9 Å². The van der Waals surface area contributed by atoms with Crippen LogP contribution in [0.15, 0.2) is 42.5 Å². The van der Waals surface area contributed by atoms with Crippen molar-refractivity contribution in [3.63, 3.8) is 0 Å². The predicted octanol–water partition coefficient (Wildman–Crippen LogP) is 3.46. The summed E-state index contributed by atoms with van der Waals surface area (Å²) in [4.78, 5) is 24.6. The fourth-order valence-corrected chi connectivity index (χ4v) is 3.25. The van der Waals surface area contributed by atoms with E-state index in [4.69, 9.17) is 14.2 Å². The Morgan fingerprint density at radius 2 is 1.72 bits per heavy atom. The molecule has 0 atom stereocenters. The van der Waals surface area contributed by atoms with Gasteiger partial charge in [-0.15, -0.1) is 0 Å². The molecule has 2 aromatic rings. The van der Waals surface area contributed by atoms with Gasteiger partial charge in [0, 0.05) is 17.5 Å². The highest BCUT2D eigenvalue weighted by molar-refractivity contribution is 5.96. The zero-order valence-electron chi connectivity index (χ0n) is 19.0. The van der Waals surface area contributed by atoms with Crippen molar-refractivity contribution in [2.75, 3.05) is 32.9 Å². The summed E-state index contributed by atoms with van der Waals surface area (Å²) in [7, 11) is 0. The second-order valence-electron chi connectivity index (χ2n) is 8.43. The summed E-state index contributed by atoms with van der Waals surface area (Å²) >= 11 is 0. The molecule has 0 spiro atoms. The van der Waals surface area contributed by atoms with Crippen LogP contribution in [0.3, 0.4) is 0 Å². The molecule has 0 saturated carbocycles. The summed E-state index contributed by atoms with van der Waals surface area (Å²) in [6.07, 6.45) is 2.05. The molecule has 0 aromatic heterocycles. The van der Waals surface area contributed by atoms with E-state index in [1.54, 1.807) is 24.3 Å². The first-order valence-electron chi connectivity index (χ1n) is 11.1. The highest BCUT2D eigenvalue weighted by atomic mass is 16.6. The molecule has 0 saturated heterocycles. The second kappa shape index (κ2) is 10.9. The molecule has 1 aliphatic heterocycles. The summed E-state index contributed by atoms with van der Waals surface area (Å²) in [5.41, 5.74) is 1.20. The number of benzene rings is 2. The molecule has 2 amide bonds. The lowest BCUT2D eigenvalue weighted by molar-refractivity contribution is -0.120. The Labute approximate surface area is 189 Å². The molecule has 0 bridgehead atoms. The Balaban J connectivity index is 1.45. The number of unbranched alkanes of at least 4 members (excludes halogenated alkanes) is 1. The maximum Gasteiger partial charge on any atom is 0.251 e. The average molecular weight is 441 g/mol. The van der Waals surface area contributed by atoms with Gasteiger partial charge in [0.05, 0.1) is 13.2 Å². The first-order chi connectivity index (χ1) is 15.4. The number of carbonyl (C=O) groups is 2. The molecule has 32 heavy (non-hydrogen) atoms. The Kier molecular flexibility index (Phi) is 7.98. The van der Waals surface area contributed by atoms with E-state index >= 15 is 0 Å². The standard InChI is InChI=1S/C25H32N2O5/c1-4-5-12-30-20-9-6-18(7-10-20)24(29)26-16-23(28)27-17-25(2,3)19-8-11-21-22(15-19)32-14-13-31-21/h6-11,15H,4-5,12-14,16-17H2,1-3H3,(H,26,29)(H,27,28). The van der Waals surface area contributed by atoms with E-state index in [1.807, 2.05) is 32.0 Å². The molecule has 1 aliphatic rings. The maximum atomic E-state index is 12.3. The van der Waals surface area contributed by atoms with Crippen LogP contribution in [-0.4, -0.2) is 44.7 Å². The summed E-state index contributed by atoms with van der Waals surface area (Å²) in [6.45, 7) is 8.26. The van der Waals surface area contributed by atoms with Crippen LogP contribution in [-0.2, 0) is 10.2 Å². The summed E-state index contributed by atoms with van der Waals surface area (Å²) < 4.78 is 16.8. The maximum absolute atomic E-state index is 12.3. The third-order valence-corrected chi connectivity index (χ3v) is 5.34. The number of hydrogen-bond acceptors (Lipinski definition) is 5. The van der Waals surface area contributed by atoms with Crippen LogP contribution < -0.4 is 24.8 Å². The molecule has 7 nitrogen and oxygen atoms in total. The van der Waals surface area contributed by atoms with Crippen LogP contribution in [0.5, 0.6) is 17.2 Å². The van der Waals surface area contributed by atoms with Crippen LogP contribution in [0, 0.1) is 0 Å². The molecule has 2 aromatic carbocycles. The van der Waals surface area contributed by atoms with Crippen molar-refractivity contribution in [2.45, 2.75) is 39.0 Å². The van der Waals surface area contributed by atoms with Crippen molar-refractivity contribution in [2.24, 2.45) is 0 Å². The number of hydrogen-bond donors (Lipinski definition) is 2. The van der Waals surface area contributed by atoms with Crippen LogP contribution in [0.2, 0.25) is 0 Å². The summed E-state index contributed by atoms with van der Waals surface area (Å²) in [5.74, 6) is 1.65. The minimum Gasteiger partial charge on any atom is -0.494 e. The molecule has 0 radical (unpaired) electrons. The molecular weight excluding hydrogens is 408 g/mol. The summed E-state index contributed by atoms with van der Waals surface area (Å²) in [5, 5.41) is 5.56. The van der Waals surface area contributed by atoms with E-state index in [2.05, 4.69) is 17.6 Å². The summed E-state index contributed by atoms with van der Waals surface area (Å²) in [6, 6.07) is 12.8. The molecule has 0 unspecified atom stereocenters. The van der Waals surface area contributed by atoms with E-state index in [9.17, 15) is 9.59 Å². The smallest absolute Gasteiger partial charge is 0.251 e. The van der Waals surface area contributed by atoms with E-state index in [0.717, 1.165) is 35.7 Å². The van der Waals surface area contributed by atoms with Gasteiger partial charge < -0.3 is 24.8 Å². The van der Waals surface area contributed by atoms with Crippen molar-refractivity contribution in [3.05, 3.63) is 53.6 Å². The quantitative estimate of drug-likeness (QED) is 0.553. The molecule has 172 valence electrons. The normalized spacial score (nSPS) is 12.7. The van der Waals surface area contributed by atoms with Crippen molar-refractivity contribution in [3.8, 4) is 17.2 Å². The first kappa shape index (κ1) is 23.4. The van der Waals surface area contributed by atoms with Gasteiger partial charge in [-0.2, -0.15) is 0 Å². The predicted molar refractivity (Wildman–Crippen MR) is 123 cm³/mol. The Morgan fingerprint density at radius 1 is 1.00 bits per heavy atom. The van der Waals surface area contributed by atoms with Gasteiger partial charge in [-0.25, -0.2) is 0 Å². The topological polar surface area (TPSA) is 85.9 Å². The lowest BCUT2D eigenvalue weighted by Crippen LogP contribution is -2.42. The van der Waals surface area contributed by atoms with Gasteiger partial charge in [0.15, 0.2) is 11.5 Å². The Hall–Kier alpha value is -3.22. The highest BCUT2D eigenvalue weighted by Crippen LogP contribution is 2.34. The van der Waals surface area contributed by atoms with Gasteiger partial charge in [0.1, 0.15) is 19.0 Å². The minimum absolute atomic E-state index is 0.0925. The Morgan fingerprint density at radius 3 is 2.44 bits per heavy atom. The number of rotatable bonds is 10. The van der Waals surface area contributed by atoms with E-state index in [-0.39, 0.29) is 23.8 Å². The van der Waals surface area contributed by atoms with Crippen LogP contribution in [0.4, 0.5) is 0 Å². The lowest BCUT2D eigenvalue weighted by Gasteiger charge is -2.28. The van der Waals surface area contributed by atoms with E-state index < -0.39 is 0 Å². The monoisotopic (exact) mass is 440 g/mol. The van der Waals surface area contributed by atoms with Gasteiger partial charge in [-0.1, -0.05) is 33.3 Å². The molecule has 2 N–H and O–H groups in total. The molecule has 7 heteroatoms. The SMILES string of the molecule is CCCCOc1ccc(C(=O)NCC(=O)NCC(C)(C)c2ccc3c(c2)OCCO3)cc1. The third-order valence-electron chi connectivity index (χ3n) is 5.34. The van der Waals surface area contributed by atoms with E-state index in [1.165, 1.54) is 0 Å². The zero-order chi connectivity index (χ0) is 23.0. The molecule has 0 fully saturated rings. The lowest BCUT2D eigenvalue weighted by atomic mass is 9.84. The third kappa shape index (κ3) is 6.39. The van der Waals surface area contributed by atoms with Gasteiger partial charge in [-0.3, -0.25) is 9.59 Å². The van der Waals surface area contributed by atoms with Crippen molar-refractivity contribution in [1.82, 2.24) is 10.6 Å². The molecule has 0 aliphatic carbocycles. The number of fused-ring (bicyclic) bond motifs is 1. The number of carbonyl (C=O) groups excluding carboxylic acids is 2.